The predicted molar refractivity (Wildman–Crippen MR) is 122 cm³/mol. The molecule has 0 unspecified atom stereocenters. The van der Waals surface area contributed by atoms with Crippen LogP contribution in [0.25, 0.3) is 0 Å². The molecule has 5 rings (SSSR count). The molecule has 0 aliphatic carbocycles. The van der Waals surface area contributed by atoms with Gasteiger partial charge in [0, 0.05) is 17.1 Å². The first kappa shape index (κ1) is 16.9. The highest BCUT2D eigenvalue weighted by Crippen LogP contribution is 2.36. The third-order valence-corrected chi connectivity index (χ3v) is 5.83. The van der Waals surface area contributed by atoms with E-state index >= 15 is 0 Å². The van der Waals surface area contributed by atoms with Gasteiger partial charge in [0.2, 0.25) is 6.71 Å². The van der Waals surface area contributed by atoms with Crippen molar-refractivity contribution in [3.63, 3.8) is 0 Å². The molecule has 28 heavy (non-hydrogen) atoms. The van der Waals surface area contributed by atoms with Crippen molar-refractivity contribution in [1.82, 2.24) is 0 Å². The van der Waals surface area contributed by atoms with E-state index in [4.69, 9.17) is 0 Å². The number of hydrogen-bond acceptors (Lipinski definition) is 1. The number of para-hydroxylation sites is 2. The van der Waals surface area contributed by atoms with Gasteiger partial charge in [-0.1, -0.05) is 78.3 Å². The Bertz CT molecular complexity index is 1040. The quantitative estimate of drug-likeness (QED) is 0.416. The van der Waals surface area contributed by atoms with Crippen LogP contribution < -0.4 is 21.3 Å². The Morgan fingerprint density at radius 2 is 1.18 bits per heavy atom. The van der Waals surface area contributed by atoms with Crippen LogP contribution in [0.4, 0.5) is 17.1 Å². The van der Waals surface area contributed by atoms with Crippen molar-refractivity contribution in [2.24, 2.45) is 0 Å². The number of fused-ring (bicyclic) bond motifs is 2. The molecule has 0 aromatic heterocycles. The van der Waals surface area contributed by atoms with Crippen LogP contribution in [0.1, 0.15) is 11.1 Å². The van der Waals surface area contributed by atoms with Crippen LogP contribution in [0.3, 0.4) is 0 Å². The van der Waals surface area contributed by atoms with E-state index in [-0.39, 0.29) is 6.71 Å². The molecule has 0 radical (unpaired) electrons. The first-order chi connectivity index (χ1) is 13.7. The number of benzene rings is 4. The standard InChI is InChI=1S/C26H22BN/c1-19-17-24-26(18-20(19)2)28(22-13-7-4-8-14-22)25-16-10-9-15-23(25)27(24)21-11-5-3-6-12-21/h3-18H,1-2H3. The van der Waals surface area contributed by atoms with E-state index in [0.717, 1.165) is 0 Å². The van der Waals surface area contributed by atoms with Crippen LogP contribution in [-0.4, -0.2) is 6.71 Å². The van der Waals surface area contributed by atoms with Gasteiger partial charge in [-0.2, -0.15) is 0 Å². The minimum Gasteiger partial charge on any atom is -0.312 e. The van der Waals surface area contributed by atoms with Gasteiger partial charge in [-0.25, -0.2) is 0 Å². The van der Waals surface area contributed by atoms with E-state index in [1.54, 1.807) is 0 Å². The van der Waals surface area contributed by atoms with Crippen molar-refractivity contribution < 1.29 is 0 Å². The van der Waals surface area contributed by atoms with Crippen molar-refractivity contribution in [2.75, 3.05) is 4.90 Å². The summed E-state index contributed by atoms with van der Waals surface area (Å²) in [4.78, 5) is 2.41. The van der Waals surface area contributed by atoms with Crippen molar-refractivity contribution in [3.8, 4) is 0 Å². The van der Waals surface area contributed by atoms with Crippen molar-refractivity contribution >= 4 is 40.2 Å². The van der Waals surface area contributed by atoms with Gasteiger partial charge in [-0.3, -0.25) is 0 Å². The Balaban J connectivity index is 1.84. The van der Waals surface area contributed by atoms with Gasteiger partial charge >= 0.3 is 0 Å². The lowest BCUT2D eigenvalue weighted by atomic mass is 9.35. The molecule has 0 amide bonds. The maximum atomic E-state index is 2.41. The number of aryl methyl sites for hydroxylation is 2. The Hall–Kier alpha value is -3.26. The minimum atomic E-state index is 0.242. The fourth-order valence-corrected chi connectivity index (χ4v) is 4.34. The molecule has 0 spiro atoms. The van der Waals surface area contributed by atoms with E-state index in [1.807, 2.05) is 0 Å². The second-order valence-corrected chi connectivity index (χ2v) is 7.57. The van der Waals surface area contributed by atoms with Crippen LogP contribution in [0, 0.1) is 13.8 Å². The molecule has 2 heteroatoms. The summed E-state index contributed by atoms with van der Waals surface area (Å²) in [5, 5.41) is 0. The normalized spacial score (nSPS) is 12.5. The summed E-state index contributed by atoms with van der Waals surface area (Å²) in [7, 11) is 0. The molecule has 134 valence electrons. The first-order valence-corrected chi connectivity index (χ1v) is 9.84. The molecule has 0 N–H and O–H groups in total. The molecule has 4 aromatic carbocycles. The molecule has 4 aromatic rings. The minimum absolute atomic E-state index is 0.242. The molecule has 0 fully saturated rings. The first-order valence-electron chi connectivity index (χ1n) is 9.84. The fourth-order valence-electron chi connectivity index (χ4n) is 4.34. The zero-order chi connectivity index (χ0) is 19.1. The molecule has 0 bridgehead atoms. The van der Waals surface area contributed by atoms with Gasteiger partial charge in [-0.15, -0.1) is 0 Å². The number of nitrogens with zero attached hydrogens (tertiary/aromatic N) is 1. The van der Waals surface area contributed by atoms with Crippen LogP contribution in [0.2, 0.25) is 0 Å². The average molecular weight is 359 g/mol. The number of rotatable bonds is 2. The SMILES string of the molecule is Cc1cc2c(cc1C)N(c1ccccc1)c1ccccc1B2c1ccccc1. The zero-order valence-electron chi connectivity index (χ0n) is 16.3. The summed E-state index contributed by atoms with van der Waals surface area (Å²) >= 11 is 0. The maximum absolute atomic E-state index is 2.41. The smallest absolute Gasteiger partial charge is 0.246 e. The Morgan fingerprint density at radius 1 is 0.571 bits per heavy atom. The van der Waals surface area contributed by atoms with Gasteiger partial charge in [0.25, 0.3) is 0 Å². The second-order valence-electron chi connectivity index (χ2n) is 7.57. The number of hydrogen-bond donors (Lipinski definition) is 0. The molecule has 0 saturated carbocycles. The highest BCUT2D eigenvalue weighted by atomic mass is 15.1. The topological polar surface area (TPSA) is 3.24 Å². The molecule has 1 aliphatic rings. The highest BCUT2D eigenvalue weighted by molar-refractivity contribution is 6.98. The summed E-state index contributed by atoms with van der Waals surface area (Å²) in [5.41, 5.74) is 10.5. The van der Waals surface area contributed by atoms with E-state index in [1.165, 1.54) is 44.6 Å². The molecule has 0 atom stereocenters. The molecule has 1 nitrogen and oxygen atoms in total. The van der Waals surface area contributed by atoms with E-state index in [2.05, 4.69) is 116 Å². The predicted octanol–water partition coefficient (Wildman–Crippen LogP) is 4.60. The second kappa shape index (κ2) is 6.72. The summed E-state index contributed by atoms with van der Waals surface area (Å²) in [6, 6.07) is 35.1. The monoisotopic (exact) mass is 359 g/mol. The summed E-state index contributed by atoms with van der Waals surface area (Å²) < 4.78 is 0. The fraction of sp³-hybridized carbons (Fsp3) is 0.0769. The van der Waals surface area contributed by atoms with Gasteiger partial charge in [-0.05, 0) is 60.2 Å². The summed E-state index contributed by atoms with van der Waals surface area (Å²) in [6.07, 6.45) is 0. The third-order valence-electron chi connectivity index (χ3n) is 5.83. The maximum Gasteiger partial charge on any atom is 0.246 e. The van der Waals surface area contributed by atoms with Crippen LogP contribution in [-0.2, 0) is 0 Å². The Labute approximate surface area is 167 Å². The van der Waals surface area contributed by atoms with E-state index in [0.29, 0.717) is 0 Å². The Kier molecular flexibility index (Phi) is 4.05. The molecular formula is C26H22BN. The summed E-state index contributed by atoms with van der Waals surface area (Å²) in [6.45, 7) is 4.66. The third kappa shape index (κ3) is 2.65. The van der Waals surface area contributed by atoms with Crippen LogP contribution in [0.5, 0.6) is 0 Å². The van der Waals surface area contributed by atoms with Gasteiger partial charge in [0.15, 0.2) is 0 Å². The van der Waals surface area contributed by atoms with E-state index in [9.17, 15) is 0 Å². The van der Waals surface area contributed by atoms with Gasteiger partial charge in [0.1, 0.15) is 0 Å². The molecule has 1 aliphatic heterocycles. The van der Waals surface area contributed by atoms with E-state index < -0.39 is 0 Å². The Morgan fingerprint density at radius 3 is 1.93 bits per heavy atom. The lowest BCUT2D eigenvalue weighted by Crippen LogP contribution is -2.57. The molecular weight excluding hydrogens is 337 g/mol. The van der Waals surface area contributed by atoms with Crippen molar-refractivity contribution in [3.05, 3.63) is 108 Å². The van der Waals surface area contributed by atoms with Crippen molar-refractivity contribution in [1.29, 1.82) is 0 Å². The highest BCUT2D eigenvalue weighted by Gasteiger charge is 2.35. The zero-order valence-corrected chi connectivity index (χ0v) is 16.3. The lowest BCUT2D eigenvalue weighted by molar-refractivity contribution is 1.26. The largest absolute Gasteiger partial charge is 0.312 e. The van der Waals surface area contributed by atoms with Gasteiger partial charge < -0.3 is 4.90 Å². The average Bonchev–Trinajstić information content (AvgIpc) is 2.74. The lowest BCUT2D eigenvalue weighted by Gasteiger charge is -2.37. The van der Waals surface area contributed by atoms with Crippen LogP contribution in [0.15, 0.2) is 97.1 Å². The van der Waals surface area contributed by atoms with Crippen LogP contribution >= 0.6 is 0 Å². The molecule has 1 heterocycles. The number of anilines is 3. The van der Waals surface area contributed by atoms with Gasteiger partial charge in [0.05, 0.1) is 0 Å². The van der Waals surface area contributed by atoms with Crippen molar-refractivity contribution in [2.45, 2.75) is 13.8 Å². The summed E-state index contributed by atoms with van der Waals surface area (Å²) in [5.74, 6) is 0. The molecule has 0 saturated heterocycles.